The summed E-state index contributed by atoms with van der Waals surface area (Å²) in [6.45, 7) is 5.78. The van der Waals surface area contributed by atoms with Gasteiger partial charge in [-0.25, -0.2) is 0 Å². The Balaban J connectivity index is 3.67. The van der Waals surface area contributed by atoms with Gasteiger partial charge in [-0.15, -0.1) is 0 Å². The number of aliphatic imine (C=N–C) groups is 1. The molecule has 0 bridgehead atoms. The van der Waals surface area contributed by atoms with Crippen LogP contribution >= 0.6 is 0 Å². The van der Waals surface area contributed by atoms with Crippen LogP contribution in [-0.4, -0.2) is 23.8 Å². The van der Waals surface area contributed by atoms with Crippen LogP contribution in [0.3, 0.4) is 0 Å². The van der Waals surface area contributed by atoms with Crippen molar-refractivity contribution in [3.63, 3.8) is 0 Å². The third-order valence-corrected chi connectivity index (χ3v) is 0.705. The summed E-state index contributed by atoms with van der Waals surface area (Å²) >= 11 is 0. The number of nitrogens with zero attached hydrogens (tertiary/aromatic N) is 1. The lowest BCUT2D eigenvalue weighted by Gasteiger charge is -2.08. The number of carboxylic acid groups (broad SMARTS) is 1. The zero-order valence-electron chi connectivity index (χ0n) is 6.59. The second-order valence-corrected chi connectivity index (χ2v) is 3.23. The van der Waals surface area contributed by atoms with Gasteiger partial charge in [-0.1, -0.05) is 20.8 Å². The lowest BCUT2D eigenvalue weighted by atomic mass is 9.99. The van der Waals surface area contributed by atoms with Gasteiger partial charge in [0.15, 0.2) is 0 Å². The third-order valence-electron chi connectivity index (χ3n) is 0.705. The molecule has 0 saturated carbocycles. The fraction of sp³-hybridized carbons (Fsp3) is 0.714. The molecule has 0 spiro atoms. The first-order valence-corrected chi connectivity index (χ1v) is 3.14. The summed E-state index contributed by atoms with van der Waals surface area (Å²) < 4.78 is 0. The molecule has 3 heteroatoms. The molecular weight excluding hydrogens is 130 g/mol. The fourth-order valence-electron chi connectivity index (χ4n) is 0.398. The zero-order chi connectivity index (χ0) is 8.20. The second-order valence-electron chi connectivity index (χ2n) is 3.23. The quantitative estimate of drug-likeness (QED) is 0.590. The van der Waals surface area contributed by atoms with Crippen molar-refractivity contribution in [3.8, 4) is 0 Å². The minimum atomic E-state index is -0.888. The van der Waals surface area contributed by atoms with Gasteiger partial charge in [0.05, 0.1) is 0 Å². The standard InChI is InChI=1S/C7H13NO2/c1-7(2,3)5-8-4-6(9)10/h5H,4H2,1-3H3,(H,9,10). The van der Waals surface area contributed by atoms with Crippen molar-refractivity contribution >= 4 is 12.2 Å². The summed E-state index contributed by atoms with van der Waals surface area (Å²) in [7, 11) is 0. The van der Waals surface area contributed by atoms with Gasteiger partial charge in [0.1, 0.15) is 6.54 Å². The Morgan fingerprint density at radius 2 is 2.10 bits per heavy atom. The molecule has 1 N–H and O–H groups in total. The number of hydrogen-bond donors (Lipinski definition) is 1. The minimum Gasteiger partial charge on any atom is -0.480 e. The van der Waals surface area contributed by atoms with E-state index in [0.717, 1.165) is 0 Å². The highest BCUT2D eigenvalue weighted by atomic mass is 16.4. The van der Waals surface area contributed by atoms with E-state index in [-0.39, 0.29) is 12.0 Å². The molecular formula is C7H13NO2. The van der Waals surface area contributed by atoms with E-state index < -0.39 is 5.97 Å². The first-order valence-electron chi connectivity index (χ1n) is 3.14. The highest BCUT2D eigenvalue weighted by Crippen LogP contribution is 2.07. The Labute approximate surface area is 60.8 Å². The maximum atomic E-state index is 9.97. The Morgan fingerprint density at radius 3 is 2.40 bits per heavy atom. The molecule has 0 aromatic rings. The molecule has 0 aromatic heterocycles. The summed E-state index contributed by atoms with van der Waals surface area (Å²) in [5, 5.41) is 8.20. The van der Waals surface area contributed by atoms with Crippen LogP contribution in [0.1, 0.15) is 20.8 Å². The van der Waals surface area contributed by atoms with Crippen LogP contribution in [-0.2, 0) is 4.79 Å². The molecule has 0 radical (unpaired) electrons. The van der Waals surface area contributed by atoms with Crippen molar-refractivity contribution in [3.05, 3.63) is 0 Å². The molecule has 0 amide bonds. The molecule has 0 fully saturated rings. The van der Waals surface area contributed by atoms with E-state index in [1.165, 1.54) is 0 Å². The molecule has 0 aliphatic carbocycles. The third kappa shape index (κ3) is 7.14. The molecule has 10 heavy (non-hydrogen) atoms. The van der Waals surface area contributed by atoms with Crippen LogP contribution < -0.4 is 0 Å². The number of hydrogen-bond acceptors (Lipinski definition) is 2. The van der Waals surface area contributed by atoms with Gasteiger partial charge < -0.3 is 5.11 Å². The van der Waals surface area contributed by atoms with E-state index in [9.17, 15) is 4.79 Å². The lowest BCUT2D eigenvalue weighted by molar-refractivity contribution is -0.135. The Hall–Kier alpha value is -0.860. The summed E-state index contributed by atoms with van der Waals surface area (Å²) in [5.41, 5.74) is -0.0184. The summed E-state index contributed by atoms with van der Waals surface area (Å²) in [4.78, 5) is 13.7. The molecule has 58 valence electrons. The van der Waals surface area contributed by atoms with Crippen LogP contribution in [0, 0.1) is 5.41 Å². The Bertz CT molecular complexity index is 144. The van der Waals surface area contributed by atoms with E-state index in [0.29, 0.717) is 0 Å². The largest absolute Gasteiger partial charge is 0.480 e. The second kappa shape index (κ2) is 3.34. The normalized spacial score (nSPS) is 12.3. The SMILES string of the molecule is CC(C)(C)C=NCC(=O)O. The monoisotopic (exact) mass is 143 g/mol. The maximum absolute atomic E-state index is 9.97. The first kappa shape index (κ1) is 9.14. The van der Waals surface area contributed by atoms with Crippen molar-refractivity contribution in [2.45, 2.75) is 20.8 Å². The maximum Gasteiger partial charge on any atom is 0.325 e. The van der Waals surface area contributed by atoms with E-state index in [1.54, 1.807) is 6.21 Å². The van der Waals surface area contributed by atoms with E-state index >= 15 is 0 Å². The van der Waals surface area contributed by atoms with Crippen LogP contribution in [0.15, 0.2) is 4.99 Å². The van der Waals surface area contributed by atoms with Gasteiger partial charge in [-0.2, -0.15) is 0 Å². The van der Waals surface area contributed by atoms with Crippen molar-refractivity contribution < 1.29 is 9.90 Å². The van der Waals surface area contributed by atoms with Gasteiger partial charge in [0, 0.05) is 6.21 Å². The first-order chi connectivity index (χ1) is 4.42. The smallest absolute Gasteiger partial charge is 0.325 e. The topological polar surface area (TPSA) is 49.7 Å². The molecule has 0 heterocycles. The predicted octanol–water partition coefficient (Wildman–Crippen LogP) is 1.19. The number of aliphatic carboxylic acids is 1. The Morgan fingerprint density at radius 1 is 1.60 bits per heavy atom. The van der Waals surface area contributed by atoms with Crippen LogP contribution in [0.2, 0.25) is 0 Å². The van der Waals surface area contributed by atoms with Crippen molar-refractivity contribution in [2.24, 2.45) is 10.4 Å². The molecule has 0 rings (SSSR count). The van der Waals surface area contributed by atoms with Gasteiger partial charge in [-0.05, 0) is 5.41 Å². The molecule has 0 atom stereocenters. The predicted molar refractivity (Wildman–Crippen MR) is 40.4 cm³/mol. The van der Waals surface area contributed by atoms with Crippen LogP contribution in [0.25, 0.3) is 0 Å². The lowest BCUT2D eigenvalue weighted by Crippen LogP contribution is -2.08. The van der Waals surface area contributed by atoms with E-state index in [2.05, 4.69) is 4.99 Å². The molecule has 0 aliphatic heterocycles. The fourth-order valence-corrected chi connectivity index (χ4v) is 0.398. The van der Waals surface area contributed by atoms with Crippen LogP contribution in [0.4, 0.5) is 0 Å². The summed E-state index contributed by atoms with van der Waals surface area (Å²) in [5.74, 6) is -0.888. The van der Waals surface area contributed by atoms with Crippen LogP contribution in [0.5, 0.6) is 0 Å². The Kier molecular flexibility index (Phi) is 3.06. The highest BCUT2D eigenvalue weighted by Gasteiger charge is 2.04. The molecule has 0 aromatic carbocycles. The van der Waals surface area contributed by atoms with E-state index in [1.807, 2.05) is 20.8 Å². The number of rotatable bonds is 2. The van der Waals surface area contributed by atoms with Gasteiger partial charge >= 0.3 is 5.97 Å². The summed E-state index contributed by atoms with van der Waals surface area (Å²) in [6.07, 6.45) is 1.65. The van der Waals surface area contributed by atoms with E-state index in [4.69, 9.17) is 5.11 Å². The average molecular weight is 143 g/mol. The van der Waals surface area contributed by atoms with Crippen molar-refractivity contribution in [1.29, 1.82) is 0 Å². The number of carboxylic acids is 1. The molecule has 0 unspecified atom stereocenters. The highest BCUT2D eigenvalue weighted by molar-refractivity contribution is 5.73. The molecule has 0 aliphatic rings. The van der Waals surface area contributed by atoms with Gasteiger partial charge in [0.25, 0.3) is 0 Å². The zero-order valence-corrected chi connectivity index (χ0v) is 6.59. The average Bonchev–Trinajstić information content (AvgIpc) is 1.59. The van der Waals surface area contributed by atoms with Crippen molar-refractivity contribution in [2.75, 3.05) is 6.54 Å². The minimum absolute atomic E-state index is 0.0184. The van der Waals surface area contributed by atoms with Gasteiger partial charge in [-0.3, -0.25) is 9.79 Å². The molecule has 0 saturated heterocycles. The number of carbonyl (C=O) groups is 1. The van der Waals surface area contributed by atoms with Crippen molar-refractivity contribution in [1.82, 2.24) is 0 Å². The summed E-state index contributed by atoms with van der Waals surface area (Å²) in [6, 6.07) is 0. The van der Waals surface area contributed by atoms with Gasteiger partial charge in [0.2, 0.25) is 0 Å². The molecule has 3 nitrogen and oxygen atoms in total.